The largest absolute Gasteiger partial charge is 0.475 e. The van der Waals surface area contributed by atoms with Gasteiger partial charge < -0.3 is 4.74 Å². The summed E-state index contributed by atoms with van der Waals surface area (Å²) < 4.78 is 6.82. The minimum absolute atomic E-state index is 0.308. The Morgan fingerprint density at radius 2 is 1.88 bits per heavy atom. The molecule has 4 aliphatic rings. The van der Waals surface area contributed by atoms with Gasteiger partial charge in [-0.15, -0.1) is 0 Å². The maximum Gasteiger partial charge on any atom is 0.219 e. The van der Waals surface area contributed by atoms with Gasteiger partial charge in [-0.2, -0.15) is 0 Å². The Hall–Kier alpha value is -0.0200. The van der Waals surface area contributed by atoms with Crippen molar-refractivity contribution >= 4 is 28.4 Å². The summed E-state index contributed by atoms with van der Waals surface area (Å²) in [6.45, 7) is 12.7. The molecule has 3 fully saturated rings. The molecule has 1 nitrogen and oxygen atoms in total. The summed E-state index contributed by atoms with van der Waals surface area (Å²) in [7, 11) is 0. The SMILES string of the molecule is CSC(=S)O[C@H]1CC[C@@]2(C)C(=CC[C@@H]3[C@H]4CC[C@@H]([C@H](C)CCCC(C)C)[C@]4(C)CC[C@H]32)C1. The molecule has 32 heavy (non-hydrogen) atoms. The highest BCUT2D eigenvalue weighted by atomic mass is 32.2. The molecule has 0 saturated heterocycles. The number of ether oxygens (including phenoxy) is 1. The predicted octanol–water partition coefficient (Wildman–Crippen LogP) is 9.06. The lowest BCUT2D eigenvalue weighted by molar-refractivity contribution is -0.0561. The Balaban J connectivity index is 1.45. The second kappa shape index (κ2) is 9.92. The van der Waals surface area contributed by atoms with Crippen molar-refractivity contribution in [2.75, 3.05) is 6.26 Å². The Kier molecular flexibility index (Phi) is 7.78. The summed E-state index contributed by atoms with van der Waals surface area (Å²) in [5.74, 6) is 5.47. The third kappa shape index (κ3) is 4.60. The highest BCUT2D eigenvalue weighted by Crippen LogP contribution is 2.67. The van der Waals surface area contributed by atoms with Crippen LogP contribution >= 0.6 is 24.0 Å². The number of fused-ring (bicyclic) bond motifs is 5. The molecular formula is C29H48OS2. The quantitative estimate of drug-likeness (QED) is 0.279. The molecule has 4 aliphatic carbocycles. The fourth-order valence-electron chi connectivity index (χ4n) is 8.94. The van der Waals surface area contributed by atoms with Crippen LogP contribution in [-0.2, 0) is 4.74 Å². The molecule has 0 radical (unpaired) electrons. The lowest BCUT2D eigenvalue weighted by atomic mass is 9.47. The van der Waals surface area contributed by atoms with Gasteiger partial charge in [-0.3, -0.25) is 0 Å². The zero-order chi connectivity index (χ0) is 23.1. The molecule has 8 atom stereocenters. The van der Waals surface area contributed by atoms with Crippen molar-refractivity contribution in [3.05, 3.63) is 11.6 Å². The zero-order valence-corrected chi connectivity index (χ0v) is 23.3. The van der Waals surface area contributed by atoms with Crippen LogP contribution in [0.1, 0.15) is 105 Å². The molecule has 0 N–H and O–H groups in total. The molecule has 182 valence electrons. The van der Waals surface area contributed by atoms with E-state index in [9.17, 15) is 0 Å². The summed E-state index contributed by atoms with van der Waals surface area (Å²) >= 11 is 6.93. The lowest BCUT2D eigenvalue weighted by Gasteiger charge is -2.58. The van der Waals surface area contributed by atoms with Gasteiger partial charge in [-0.05, 0) is 110 Å². The van der Waals surface area contributed by atoms with Crippen molar-refractivity contribution < 1.29 is 4.74 Å². The van der Waals surface area contributed by atoms with Gasteiger partial charge in [0.2, 0.25) is 4.38 Å². The van der Waals surface area contributed by atoms with E-state index in [0.717, 1.165) is 46.3 Å². The predicted molar refractivity (Wildman–Crippen MR) is 144 cm³/mol. The van der Waals surface area contributed by atoms with E-state index in [4.69, 9.17) is 17.0 Å². The highest BCUT2D eigenvalue weighted by molar-refractivity contribution is 8.22. The normalized spacial score (nSPS) is 42.0. The molecule has 0 aliphatic heterocycles. The molecule has 0 aromatic rings. The summed E-state index contributed by atoms with van der Waals surface area (Å²) in [4.78, 5) is 0. The molecule has 0 aromatic heterocycles. The van der Waals surface area contributed by atoms with Crippen molar-refractivity contribution in [3.63, 3.8) is 0 Å². The summed E-state index contributed by atoms with van der Waals surface area (Å²) in [5, 5.41) is 0. The fraction of sp³-hybridized carbons (Fsp3) is 0.897. The zero-order valence-electron chi connectivity index (χ0n) is 21.6. The molecule has 0 unspecified atom stereocenters. The molecule has 0 heterocycles. The Bertz CT molecular complexity index is 714. The van der Waals surface area contributed by atoms with Gasteiger partial charge in [0, 0.05) is 6.42 Å². The summed E-state index contributed by atoms with van der Waals surface area (Å²) in [6.07, 6.45) is 20.1. The standard InChI is InChI=1S/C29H48OS2/c1-19(2)8-7-9-20(3)24-12-13-25-23-11-10-21-18-22(30-27(31)32-6)14-16-28(21,4)26(23)15-17-29(24,25)5/h10,19-20,22-26H,7-9,11-18H2,1-6H3/t20-,22+,23-,24+,25-,26-,28+,29+/m1/s1. The van der Waals surface area contributed by atoms with Crippen LogP contribution in [0, 0.1) is 46.3 Å². The average Bonchev–Trinajstić information content (AvgIpc) is 3.11. The third-order valence-corrected chi connectivity index (χ3v) is 11.7. The average molecular weight is 477 g/mol. The number of rotatable bonds is 6. The second-order valence-electron chi connectivity index (χ2n) is 12.7. The maximum atomic E-state index is 6.10. The number of thioether (sulfide) groups is 1. The van der Waals surface area contributed by atoms with Crippen molar-refractivity contribution in [3.8, 4) is 0 Å². The van der Waals surface area contributed by atoms with Gasteiger partial charge >= 0.3 is 0 Å². The number of hydrogen-bond acceptors (Lipinski definition) is 3. The van der Waals surface area contributed by atoms with Gasteiger partial charge in [0.05, 0.1) is 0 Å². The molecule has 0 aromatic carbocycles. The van der Waals surface area contributed by atoms with Crippen LogP contribution in [0.3, 0.4) is 0 Å². The van der Waals surface area contributed by atoms with E-state index in [1.807, 2.05) is 6.26 Å². The van der Waals surface area contributed by atoms with Crippen molar-refractivity contribution in [2.24, 2.45) is 46.3 Å². The Labute approximate surface area is 208 Å². The highest BCUT2D eigenvalue weighted by Gasteiger charge is 2.59. The van der Waals surface area contributed by atoms with E-state index >= 15 is 0 Å². The van der Waals surface area contributed by atoms with Crippen molar-refractivity contribution in [2.45, 2.75) is 111 Å². The number of thiocarbonyl (C=S) groups is 1. The first-order chi connectivity index (χ1) is 15.2. The lowest BCUT2D eigenvalue weighted by Crippen LogP contribution is -2.51. The maximum absolute atomic E-state index is 6.10. The van der Waals surface area contributed by atoms with E-state index in [-0.39, 0.29) is 0 Å². The van der Waals surface area contributed by atoms with E-state index in [0.29, 0.717) is 16.9 Å². The summed E-state index contributed by atoms with van der Waals surface area (Å²) in [5.41, 5.74) is 2.70. The first kappa shape index (κ1) is 25.1. The van der Waals surface area contributed by atoms with Crippen LogP contribution in [-0.4, -0.2) is 16.7 Å². The molecule has 3 heteroatoms. The molecule has 0 spiro atoms. The van der Waals surface area contributed by atoms with Gasteiger partial charge in [0.1, 0.15) is 6.10 Å². The molecule has 3 saturated carbocycles. The molecule has 0 bridgehead atoms. The van der Waals surface area contributed by atoms with Gasteiger partial charge in [-0.1, -0.05) is 77.3 Å². The van der Waals surface area contributed by atoms with Crippen LogP contribution in [0.15, 0.2) is 11.6 Å². The van der Waals surface area contributed by atoms with Crippen LogP contribution in [0.5, 0.6) is 0 Å². The van der Waals surface area contributed by atoms with Gasteiger partial charge in [0.15, 0.2) is 0 Å². The Morgan fingerprint density at radius 3 is 2.59 bits per heavy atom. The molecule has 4 rings (SSSR count). The topological polar surface area (TPSA) is 9.23 Å². The van der Waals surface area contributed by atoms with E-state index in [1.54, 1.807) is 17.3 Å². The number of allylic oxidation sites excluding steroid dienone is 1. The minimum Gasteiger partial charge on any atom is -0.475 e. The smallest absolute Gasteiger partial charge is 0.219 e. The van der Waals surface area contributed by atoms with E-state index < -0.39 is 0 Å². The second-order valence-corrected chi connectivity index (χ2v) is 14.1. The number of hydrogen-bond donors (Lipinski definition) is 0. The van der Waals surface area contributed by atoms with Crippen molar-refractivity contribution in [1.82, 2.24) is 0 Å². The first-order valence-electron chi connectivity index (χ1n) is 13.6. The fourth-order valence-corrected chi connectivity index (χ4v) is 9.31. The Morgan fingerprint density at radius 1 is 1.09 bits per heavy atom. The van der Waals surface area contributed by atoms with Crippen molar-refractivity contribution in [1.29, 1.82) is 0 Å². The van der Waals surface area contributed by atoms with Crippen LogP contribution in [0.25, 0.3) is 0 Å². The summed E-state index contributed by atoms with van der Waals surface area (Å²) in [6, 6.07) is 0. The molecule has 0 amide bonds. The van der Waals surface area contributed by atoms with Crippen LogP contribution in [0.2, 0.25) is 0 Å². The minimum atomic E-state index is 0.308. The van der Waals surface area contributed by atoms with Gasteiger partial charge in [-0.25, -0.2) is 0 Å². The van der Waals surface area contributed by atoms with E-state index in [2.05, 4.69) is 40.7 Å². The van der Waals surface area contributed by atoms with Crippen LogP contribution in [0.4, 0.5) is 0 Å². The van der Waals surface area contributed by atoms with E-state index in [1.165, 1.54) is 64.2 Å². The monoisotopic (exact) mass is 476 g/mol. The third-order valence-electron chi connectivity index (χ3n) is 10.7. The van der Waals surface area contributed by atoms with Gasteiger partial charge in [0.25, 0.3) is 0 Å². The van der Waals surface area contributed by atoms with Crippen LogP contribution < -0.4 is 0 Å². The first-order valence-corrected chi connectivity index (χ1v) is 15.3. The molecular weight excluding hydrogens is 428 g/mol.